The molecule has 0 saturated carbocycles. The van der Waals surface area contributed by atoms with Gasteiger partial charge >= 0.3 is 0 Å². The summed E-state index contributed by atoms with van der Waals surface area (Å²) < 4.78 is 7.54. The van der Waals surface area contributed by atoms with E-state index in [-0.39, 0.29) is 0 Å². The van der Waals surface area contributed by atoms with Gasteiger partial charge in [0, 0.05) is 36.3 Å². The maximum absolute atomic E-state index is 9.78. The molecular weight excluding hydrogens is 298 g/mol. The molecule has 0 aliphatic rings. The lowest BCUT2D eigenvalue weighted by atomic mass is 10.0. The minimum atomic E-state index is 0.709. The average Bonchev–Trinajstić information content (AvgIpc) is 2.94. The molecule has 3 rings (SSSR count). The summed E-state index contributed by atoms with van der Waals surface area (Å²) in [6, 6.07) is 14.5. The number of fused-ring (bicyclic) bond motifs is 1. The molecule has 122 valence electrons. The molecule has 0 unspecified atom stereocenters. The van der Waals surface area contributed by atoms with Crippen molar-refractivity contribution in [2.75, 3.05) is 19.5 Å². The number of hydrogen-bond acceptors (Lipinski definition) is 3. The van der Waals surface area contributed by atoms with E-state index >= 15 is 0 Å². The monoisotopic (exact) mass is 319 g/mol. The molecule has 0 fully saturated rings. The van der Waals surface area contributed by atoms with Crippen LogP contribution in [0.25, 0.3) is 22.2 Å². The van der Waals surface area contributed by atoms with Gasteiger partial charge in [-0.1, -0.05) is 12.1 Å². The van der Waals surface area contributed by atoms with E-state index in [4.69, 9.17) is 4.74 Å². The standard InChI is InChI=1S/C20H21N3O/c1-5-23-19-11-15(24-4)8-9-16(19)17(12-21)20(23)14-7-6-13(2)18(10-14)22-3/h6-11,22H,5H2,1-4H3. The van der Waals surface area contributed by atoms with Gasteiger partial charge in [-0.05, 0) is 37.6 Å². The summed E-state index contributed by atoms with van der Waals surface area (Å²) in [5.41, 5.74) is 5.98. The molecular formula is C20H21N3O. The fraction of sp³-hybridized carbons (Fsp3) is 0.250. The van der Waals surface area contributed by atoms with Gasteiger partial charge in [0.1, 0.15) is 11.8 Å². The highest BCUT2D eigenvalue weighted by atomic mass is 16.5. The van der Waals surface area contributed by atoms with Crippen LogP contribution in [-0.4, -0.2) is 18.7 Å². The first kappa shape index (κ1) is 15.9. The number of methoxy groups -OCH3 is 1. The van der Waals surface area contributed by atoms with E-state index in [1.165, 1.54) is 5.56 Å². The Labute approximate surface area is 142 Å². The molecule has 4 nitrogen and oxygen atoms in total. The summed E-state index contributed by atoms with van der Waals surface area (Å²) in [6.45, 7) is 4.95. The lowest BCUT2D eigenvalue weighted by molar-refractivity contribution is 0.415. The van der Waals surface area contributed by atoms with Crippen molar-refractivity contribution in [3.05, 3.63) is 47.5 Å². The smallest absolute Gasteiger partial charge is 0.120 e. The Bertz CT molecular complexity index is 948. The summed E-state index contributed by atoms with van der Waals surface area (Å²) in [7, 11) is 3.57. The van der Waals surface area contributed by atoms with Crippen LogP contribution < -0.4 is 10.1 Å². The third kappa shape index (κ3) is 2.39. The fourth-order valence-corrected chi connectivity index (χ4v) is 3.24. The molecule has 2 aromatic carbocycles. The first-order valence-electron chi connectivity index (χ1n) is 8.03. The van der Waals surface area contributed by atoms with Crippen molar-refractivity contribution in [2.24, 2.45) is 0 Å². The number of aromatic nitrogens is 1. The zero-order valence-electron chi connectivity index (χ0n) is 14.5. The number of anilines is 1. The predicted octanol–water partition coefficient (Wildman–Crippen LogP) is 4.56. The Morgan fingerprint density at radius 2 is 2.00 bits per heavy atom. The van der Waals surface area contributed by atoms with Gasteiger partial charge in [0.15, 0.2) is 0 Å². The SMILES string of the molecule is CCn1c(-c2ccc(C)c(NC)c2)c(C#N)c2ccc(OC)cc21. The molecule has 0 atom stereocenters. The average molecular weight is 319 g/mol. The van der Waals surface area contributed by atoms with Crippen LogP contribution in [0.3, 0.4) is 0 Å². The van der Waals surface area contributed by atoms with Crippen molar-refractivity contribution in [3.63, 3.8) is 0 Å². The fourth-order valence-electron chi connectivity index (χ4n) is 3.24. The summed E-state index contributed by atoms with van der Waals surface area (Å²) in [5, 5.41) is 14.0. The predicted molar refractivity (Wildman–Crippen MR) is 98.6 cm³/mol. The van der Waals surface area contributed by atoms with Crippen molar-refractivity contribution in [3.8, 4) is 23.1 Å². The first-order chi connectivity index (χ1) is 11.6. The number of rotatable bonds is 4. The lowest BCUT2D eigenvalue weighted by Crippen LogP contribution is -1.99. The molecule has 24 heavy (non-hydrogen) atoms. The van der Waals surface area contributed by atoms with Gasteiger partial charge in [0.25, 0.3) is 0 Å². The third-order valence-corrected chi connectivity index (χ3v) is 4.48. The normalized spacial score (nSPS) is 10.6. The third-order valence-electron chi connectivity index (χ3n) is 4.48. The molecule has 4 heteroatoms. The zero-order chi connectivity index (χ0) is 17.3. The van der Waals surface area contributed by atoms with Crippen LogP contribution in [0.5, 0.6) is 5.75 Å². The first-order valence-corrected chi connectivity index (χ1v) is 8.03. The lowest BCUT2D eigenvalue weighted by Gasteiger charge is -2.12. The highest BCUT2D eigenvalue weighted by molar-refractivity contribution is 5.95. The van der Waals surface area contributed by atoms with Gasteiger partial charge < -0.3 is 14.6 Å². The van der Waals surface area contributed by atoms with Gasteiger partial charge in [0.2, 0.25) is 0 Å². The maximum Gasteiger partial charge on any atom is 0.120 e. The van der Waals surface area contributed by atoms with E-state index in [0.29, 0.717) is 5.56 Å². The van der Waals surface area contributed by atoms with Crippen LogP contribution in [0.2, 0.25) is 0 Å². The number of nitriles is 1. The molecule has 0 bridgehead atoms. The molecule has 1 N–H and O–H groups in total. The van der Waals surface area contributed by atoms with E-state index in [1.54, 1.807) is 7.11 Å². The minimum Gasteiger partial charge on any atom is -0.497 e. The second-order valence-corrected chi connectivity index (χ2v) is 5.74. The second kappa shape index (κ2) is 6.29. The van der Waals surface area contributed by atoms with Gasteiger partial charge in [0.05, 0.1) is 23.9 Å². The molecule has 3 aromatic rings. The van der Waals surface area contributed by atoms with E-state index in [0.717, 1.165) is 40.1 Å². The van der Waals surface area contributed by atoms with Gasteiger partial charge in [-0.2, -0.15) is 5.26 Å². The Hall–Kier alpha value is -2.93. The zero-order valence-corrected chi connectivity index (χ0v) is 14.5. The van der Waals surface area contributed by atoms with Crippen LogP contribution in [0.4, 0.5) is 5.69 Å². The maximum atomic E-state index is 9.78. The molecule has 0 aliphatic carbocycles. The summed E-state index contributed by atoms with van der Waals surface area (Å²) in [5.74, 6) is 0.797. The number of nitrogens with zero attached hydrogens (tertiary/aromatic N) is 2. The molecule has 0 spiro atoms. The van der Waals surface area contributed by atoms with Crippen LogP contribution in [0.15, 0.2) is 36.4 Å². The van der Waals surface area contributed by atoms with Crippen molar-refractivity contribution in [1.29, 1.82) is 5.26 Å². The van der Waals surface area contributed by atoms with Crippen LogP contribution in [0, 0.1) is 18.3 Å². The van der Waals surface area contributed by atoms with Crippen molar-refractivity contribution >= 4 is 16.6 Å². The number of aryl methyl sites for hydroxylation is 2. The van der Waals surface area contributed by atoms with E-state index < -0.39 is 0 Å². The summed E-state index contributed by atoms with van der Waals surface area (Å²) >= 11 is 0. The van der Waals surface area contributed by atoms with E-state index in [1.807, 2.05) is 25.2 Å². The molecule has 0 aliphatic heterocycles. The number of benzene rings is 2. The number of nitrogens with one attached hydrogen (secondary N) is 1. The Balaban J connectivity index is 2.37. The number of hydrogen-bond donors (Lipinski definition) is 1. The van der Waals surface area contributed by atoms with Crippen LogP contribution >= 0.6 is 0 Å². The highest BCUT2D eigenvalue weighted by Crippen LogP contribution is 2.36. The second-order valence-electron chi connectivity index (χ2n) is 5.74. The van der Waals surface area contributed by atoms with Gasteiger partial charge in [-0.25, -0.2) is 0 Å². The van der Waals surface area contributed by atoms with E-state index in [2.05, 4.69) is 48.0 Å². The molecule has 0 saturated heterocycles. The largest absolute Gasteiger partial charge is 0.497 e. The summed E-state index contributed by atoms with van der Waals surface area (Å²) in [4.78, 5) is 0. The Kier molecular flexibility index (Phi) is 4.18. The molecule has 0 radical (unpaired) electrons. The highest BCUT2D eigenvalue weighted by Gasteiger charge is 2.19. The van der Waals surface area contributed by atoms with Gasteiger partial charge in [-0.3, -0.25) is 0 Å². The topological polar surface area (TPSA) is 50.0 Å². The van der Waals surface area contributed by atoms with Crippen LogP contribution in [0.1, 0.15) is 18.1 Å². The Morgan fingerprint density at radius 3 is 2.62 bits per heavy atom. The minimum absolute atomic E-state index is 0.709. The van der Waals surface area contributed by atoms with E-state index in [9.17, 15) is 5.26 Å². The molecule has 0 amide bonds. The number of ether oxygens (including phenoxy) is 1. The van der Waals surface area contributed by atoms with Crippen molar-refractivity contribution in [2.45, 2.75) is 20.4 Å². The quantitative estimate of drug-likeness (QED) is 0.767. The molecule has 1 heterocycles. The molecule has 1 aromatic heterocycles. The van der Waals surface area contributed by atoms with Crippen molar-refractivity contribution in [1.82, 2.24) is 4.57 Å². The van der Waals surface area contributed by atoms with Crippen LogP contribution in [-0.2, 0) is 6.54 Å². The Morgan fingerprint density at radius 1 is 1.21 bits per heavy atom. The van der Waals surface area contributed by atoms with Crippen molar-refractivity contribution < 1.29 is 4.74 Å². The summed E-state index contributed by atoms with van der Waals surface area (Å²) in [6.07, 6.45) is 0. The van der Waals surface area contributed by atoms with Gasteiger partial charge in [-0.15, -0.1) is 0 Å².